The number of nitrogens with one attached hydrogen (secondary N) is 2. The molecule has 38 heavy (non-hydrogen) atoms. The molecule has 0 saturated carbocycles. The molecule has 0 spiro atoms. The van der Waals surface area contributed by atoms with Crippen LogP contribution in [0.1, 0.15) is 6.92 Å². The molecule has 9 nitrogen and oxygen atoms in total. The van der Waals surface area contributed by atoms with Gasteiger partial charge in [-0.15, -0.1) is 12.4 Å². The normalized spacial score (nSPS) is 10.5. The molecule has 3 heterocycles. The molecule has 0 atom stereocenters. The van der Waals surface area contributed by atoms with Gasteiger partial charge < -0.3 is 15.4 Å². The smallest absolute Gasteiger partial charge is 0.323 e. The highest BCUT2D eigenvalue weighted by Crippen LogP contribution is 2.29. The first kappa shape index (κ1) is 26.4. The lowest BCUT2D eigenvalue weighted by Crippen LogP contribution is -2.20. The lowest BCUT2D eigenvalue weighted by Gasteiger charge is -2.11. The quantitative estimate of drug-likeness (QED) is 0.253. The lowest BCUT2D eigenvalue weighted by atomic mass is 10.1. The van der Waals surface area contributed by atoms with Crippen LogP contribution in [0.4, 0.5) is 20.6 Å². The van der Waals surface area contributed by atoms with Gasteiger partial charge in [0, 0.05) is 55.4 Å². The number of ether oxygens (including phenoxy) is 1. The number of rotatable bonds is 7. The Bertz CT molecular complexity index is 1550. The van der Waals surface area contributed by atoms with E-state index in [-0.39, 0.29) is 23.8 Å². The molecular formula is C27H25ClFN7O2. The third-order valence-electron chi connectivity index (χ3n) is 5.54. The van der Waals surface area contributed by atoms with E-state index in [0.717, 1.165) is 11.1 Å². The molecule has 5 rings (SSSR count). The predicted molar refractivity (Wildman–Crippen MR) is 146 cm³/mol. The molecule has 0 bridgehead atoms. The molecule has 11 heteroatoms. The first-order valence-corrected chi connectivity index (χ1v) is 11.6. The summed E-state index contributed by atoms with van der Waals surface area (Å²) in [4.78, 5) is 17.0. The number of aryl methyl sites for hydroxylation is 2. The first-order valence-electron chi connectivity index (χ1n) is 11.6. The van der Waals surface area contributed by atoms with Crippen molar-refractivity contribution in [3.8, 4) is 34.0 Å². The van der Waals surface area contributed by atoms with Crippen molar-refractivity contribution in [2.45, 2.75) is 13.5 Å². The number of aromatic nitrogens is 5. The second-order valence-electron chi connectivity index (χ2n) is 8.22. The molecule has 3 aromatic heterocycles. The van der Waals surface area contributed by atoms with E-state index in [9.17, 15) is 9.18 Å². The number of carbonyl (C=O) groups is 1. The minimum absolute atomic E-state index is 0. The monoisotopic (exact) mass is 533 g/mol. The number of pyridine rings is 1. The van der Waals surface area contributed by atoms with Crippen molar-refractivity contribution in [1.29, 1.82) is 0 Å². The molecule has 0 aliphatic heterocycles. The summed E-state index contributed by atoms with van der Waals surface area (Å²) in [6.07, 6.45) is 6.89. The molecular weight excluding hydrogens is 509 g/mol. The summed E-state index contributed by atoms with van der Waals surface area (Å²) < 4.78 is 24.1. The van der Waals surface area contributed by atoms with Gasteiger partial charge >= 0.3 is 6.03 Å². The maximum Gasteiger partial charge on any atom is 0.323 e. The SMILES string of the molecule is CCn1cc(NC(=O)Nc2ccc(Oc3ccnc(-c4cnn(C)c4)c3)cc2F)c(-c2ccccc2)n1.Cl. The Hall–Kier alpha value is -4.70. The number of anilines is 2. The van der Waals surface area contributed by atoms with E-state index in [1.807, 2.05) is 50.5 Å². The summed E-state index contributed by atoms with van der Waals surface area (Å²) in [5.74, 6) is 0.136. The molecule has 194 valence electrons. The van der Waals surface area contributed by atoms with Gasteiger partial charge in [0.15, 0.2) is 0 Å². The van der Waals surface area contributed by atoms with Gasteiger partial charge in [-0.05, 0) is 25.1 Å². The molecule has 0 saturated heterocycles. The van der Waals surface area contributed by atoms with E-state index >= 15 is 0 Å². The summed E-state index contributed by atoms with van der Waals surface area (Å²) in [6.45, 7) is 2.59. The number of amides is 2. The van der Waals surface area contributed by atoms with Gasteiger partial charge in [0.05, 0.1) is 23.3 Å². The molecule has 0 aliphatic carbocycles. The van der Waals surface area contributed by atoms with Crippen LogP contribution in [0.3, 0.4) is 0 Å². The van der Waals surface area contributed by atoms with Crippen molar-refractivity contribution in [3.63, 3.8) is 0 Å². The van der Waals surface area contributed by atoms with Crippen molar-refractivity contribution < 1.29 is 13.9 Å². The number of halogens is 2. The minimum Gasteiger partial charge on any atom is -0.457 e. The second kappa shape index (κ2) is 11.6. The van der Waals surface area contributed by atoms with Crippen LogP contribution in [0.2, 0.25) is 0 Å². The number of carbonyl (C=O) groups excluding carboxylic acids is 1. The molecule has 0 radical (unpaired) electrons. The fourth-order valence-electron chi connectivity index (χ4n) is 3.74. The third kappa shape index (κ3) is 5.98. The molecule has 0 aliphatic rings. The van der Waals surface area contributed by atoms with E-state index in [4.69, 9.17) is 4.74 Å². The van der Waals surface area contributed by atoms with Crippen LogP contribution in [0.15, 0.2) is 85.5 Å². The summed E-state index contributed by atoms with van der Waals surface area (Å²) >= 11 is 0. The Morgan fingerprint density at radius 1 is 0.974 bits per heavy atom. The van der Waals surface area contributed by atoms with E-state index < -0.39 is 11.8 Å². The Morgan fingerprint density at radius 3 is 2.45 bits per heavy atom. The van der Waals surface area contributed by atoms with Crippen LogP contribution in [0.25, 0.3) is 22.5 Å². The van der Waals surface area contributed by atoms with E-state index in [2.05, 4.69) is 25.8 Å². The summed E-state index contributed by atoms with van der Waals surface area (Å²) in [5.41, 5.74) is 3.55. The highest BCUT2D eigenvalue weighted by atomic mass is 35.5. The van der Waals surface area contributed by atoms with Gasteiger partial charge in [-0.25, -0.2) is 9.18 Å². The average molecular weight is 534 g/mol. The highest BCUT2D eigenvalue weighted by Gasteiger charge is 2.15. The van der Waals surface area contributed by atoms with Gasteiger partial charge in [-0.1, -0.05) is 30.3 Å². The zero-order chi connectivity index (χ0) is 25.8. The van der Waals surface area contributed by atoms with Crippen molar-refractivity contribution in [3.05, 3.63) is 91.3 Å². The Morgan fingerprint density at radius 2 is 1.74 bits per heavy atom. The van der Waals surface area contributed by atoms with Crippen molar-refractivity contribution in [2.75, 3.05) is 10.6 Å². The van der Waals surface area contributed by atoms with Crippen LogP contribution in [0, 0.1) is 5.82 Å². The topological polar surface area (TPSA) is 98.9 Å². The van der Waals surface area contributed by atoms with Gasteiger partial charge in [0.25, 0.3) is 0 Å². The third-order valence-corrected chi connectivity index (χ3v) is 5.54. The number of hydrogen-bond donors (Lipinski definition) is 2. The van der Waals surface area contributed by atoms with Crippen LogP contribution in [-0.4, -0.2) is 30.6 Å². The van der Waals surface area contributed by atoms with E-state index in [1.54, 1.807) is 46.2 Å². The predicted octanol–water partition coefficient (Wildman–Crippen LogP) is 6.36. The lowest BCUT2D eigenvalue weighted by molar-refractivity contribution is 0.262. The number of urea groups is 1. The van der Waals surface area contributed by atoms with Crippen LogP contribution in [0.5, 0.6) is 11.5 Å². The van der Waals surface area contributed by atoms with Gasteiger partial charge in [0.2, 0.25) is 0 Å². The number of hydrogen-bond acceptors (Lipinski definition) is 5. The summed E-state index contributed by atoms with van der Waals surface area (Å²) in [6, 6.07) is 16.6. The highest BCUT2D eigenvalue weighted by molar-refractivity contribution is 6.01. The van der Waals surface area contributed by atoms with Crippen LogP contribution < -0.4 is 15.4 Å². The molecule has 0 fully saturated rings. The fraction of sp³-hybridized carbons (Fsp3) is 0.111. The zero-order valence-electron chi connectivity index (χ0n) is 20.6. The first-order chi connectivity index (χ1) is 18.0. The van der Waals surface area contributed by atoms with Gasteiger partial charge in [-0.2, -0.15) is 10.2 Å². The zero-order valence-corrected chi connectivity index (χ0v) is 21.4. The fourth-order valence-corrected chi connectivity index (χ4v) is 3.74. The maximum absolute atomic E-state index is 14.8. The van der Waals surface area contributed by atoms with E-state index in [1.165, 1.54) is 12.1 Å². The molecule has 2 N–H and O–H groups in total. The number of benzene rings is 2. The van der Waals surface area contributed by atoms with Gasteiger partial charge in [-0.3, -0.25) is 14.3 Å². The molecule has 5 aromatic rings. The minimum atomic E-state index is -0.637. The van der Waals surface area contributed by atoms with E-state index in [0.29, 0.717) is 29.4 Å². The molecule has 2 aromatic carbocycles. The second-order valence-corrected chi connectivity index (χ2v) is 8.22. The summed E-state index contributed by atoms with van der Waals surface area (Å²) in [5, 5.41) is 14.0. The molecule has 2 amide bonds. The maximum atomic E-state index is 14.8. The van der Waals surface area contributed by atoms with Crippen molar-refractivity contribution >= 4 is 29.8 Å². The van der Waals surface area contributed by atoms with Crippen LogP contribution >= 0.6 is 12.4 Å². The number of nitrogens with zero attached hydrogens (tertiary/aromatic N) is 5. The Kier molecular flexibility index (Phi) is 8.03. The molecule has 0 unspecified atom stereocenters. The standard InChI is InChI=1S/C27H24FN7O2.ClH/c1-3-35-17-25(26(33-35)18-7-5-4-6-8-18)32-27(36)31-23-10-9-20(13-22(23)28)37-21-11-12-29-24(14-21)19-15-30-34(2)16-19;/h4-17H,3H2,1-2H3,(H2,31,32,36);1H. The Balaban J connectivity index is 0.00000336. The largest absolute Gasteiger partial charge is 0.457 e. The Labute approximate surface area is 224 Å². The van der Waals surface area contributed by atoms with Crippen LogP contribution in [-0.2, 0) is 13.6 Å². The summed E-state index contributed by atoms with van der Waals surface area (Å²) in [7, 11) is 1.82. The van der Waals surface area contributed by atoms with Crippen molar-refractivity contribution in [1.82, 2.24) is 24.5 Å². The average Bonchev–Trinajstić information content (AvgIpc) is 3.52. The van der Waals surface area contributed by atoms with Crippen molar-refractivity contribution in [2.24, 2.45) is 7.05 Å². The van der Waals surface area contributed by atoms with Gasteiger partial charge in [0.1, 0.15) is 23.0 Å².